The van der Waals surface area contributed by atoms with Gasteiger partial charge in [0.25, 0.3) is 0 Å². The van der Waals surface area contributed by atoms with Gasteiger partial charge in [-0.15, -0.1) is 0 Å². The number of benzene rings is 2. The number of nitrogens with one attached hydrogen (secondary N) is 1. The van der Waals surface area contributed by atoms with Crippen LogP contribution >= 0.6 is 15.9 Å². The fraction of sp³-hybridized carbons (Fsp3) is 0.250. The van der Waals surface area contributed by atoms with Crippen LogP contribution in [0.25, 0.3) is 0 Å². The number of aryl methyl sites for hydroxylation is 1. The maximum Gasteiger partial charge on any atom is 0.115 e. The number of rotatable bonds is 5. The molecule has 2 aromatic rings. The summed E-state index contributed by atoms with van der Waals surface area (Å²) in [6.45, 7) is 2.18. The Morgan fingerprint density at radius 3 is 2.47 bits per heavy atom. The molecule has 19 heavy (non-hydrogen) atoms. The molecule has 3 heteroatoms. The predicted molar refractivity (Wildman–Crippen MR) is 83.7 cm³/mol. The molecule has 0 saturated heterocycles. The van der Waals surface area contributed by atoms with Gasteiger partial charge in [0.15, 0.2) is 0 Å². The lowest BCUT2D eigenvalue weighted by molar-refractivity contribution is 0.475. The van der Waals surface area contributed by atoms with Crippen LogP contribution < -0.4 is 5.32 Å². The van der Waals surface area contributed by atoms with Crippen molar-refractivity contribution < 1.29 is 5.11 Å². The molecule has 2 rings (SSSR count). The average Bonchev–Trinajstić information content (AvgIpc) is 2.41. The molecule has 100 valence electrons. The topological polar surface area (TPSA) is 32.3 Å². The van der Waals surface area contributed by atoms with E-state index in [2.05, 4.69) is 34.2 Å². The summed E-state index contributed by atoms with van der Waals surface area (Å²) in [7, 11) is 0. The molecule has 1 atom stereocenters. The van der Waals surface area contributed by atoms with E-state index in [-0.39, 0.29) is 0 Å². The molecule has 0 bridgehead atoms. The molecule has 2 aromatic carbocycles. The van der Waals surface area contributed by atoms with Crippen molar-refractivity contribution in [3.05, 3.63) is 58.6 Å². The summed E-state index contributed by atoms with van der Waals surface area (Å²) in [5.41, 5.74) is 2.37. The zero-order chi connectivity index (χ0) is 13.7. The largest absolute Gasteiger partial charge is 0.508 e. The SMILES string of the molecule is CC(CCc1ccc(O)cc1)Nc1ccccc1Br. The zero-order valence-electron chi connectivity index (χ0n) is 10.9. The highest BCUT2D eigenvalue weighted by molar-refractivity contribution is 9.10. The number of phenolic OH excluding ortho intramolecular Hbond substituents is 1. The van der Waals surface area contributed by atoms with Gasteiger partial charge < -0.3 is 10.4 Å². The maximum absolute atomic E-state index is 9.24. The summed E-state index contributed by atoms with van der Waals surface area (Å²) in [6, 6.07) is 16.0. The van der Waals surface area contributed by atoms with Gasteiger partial charge in [-0.1, -0.05) is 24.3 Å². The Hall–Kier alpha value is -1.48. The first-order valence-corrected chi connectivity index (χ1v) is 7.23. The molecule has 0 aliphatic carbocycles. The summed E-state index contributed by atoms with van der Waals surface area (Å²) in [5.74, 6) is 0.322. The van der Waals surface area contributed by atoms with Gasteiger partial charge >= 0.3 is 0 Å². The Kier molecular flexibility index (Phi) is 4.86. The van der Waals surface area contributed by atoms with Crippen molar-refractivity contribution in [2.45, 2.75) is 25.8 Å². The number of hydrogen-bond acceptors (Lipinski definition) is 2. The molecule has 1 unspecified atom stereocenters. The third kappa shape index (κ3) is 4.28. The van der Waals surface area contributed by atoms with E-state index in [0.717, 1.165) is 23.0 Å². The van der Waals surface area contributed by atoms with Crippen molar-refractivity contribution in [2.24, 2.45) is 0 Å². The summed E-state index contributed by atoms with van der Waals surface area (Å²) in [4.78, 5) is 0. The van der Waals surface area contributed by atoms with E-state index < -0.39 is 0 Å². The highest BCUT2D eigenvalue weighted by atomic mass is 79.9. The molecule has 2 nitrogen and oxygen atoms in total. The van der Waals surface area contributed by atoms with Gasteiger partial charge in [0.2, 0.25) is 0 Å². The Morgan fingerprint density at radius 1 is 1.11 bits per heavy atom. The van der Waals surface area contributed by atoms with Crippen LogP contribution in [-0.2, 0) is 6.42 Å². The molecular weight excluding hydrogens is 302 g/mol. The van der Waals surface area contributed by atoms with E-state index in [9.17, 15) is 5.11 Å². The van der Waals surface area contributed by atoms with Gasteiger partial charge in [0.05, 0.1) is 0 Å². The Labute approximate surface area is 122 Å². The normalized spacial score (nSPS) is 12.1. The first-order chi connectivity index (χ1) is 9.15. The second-order valence-corrected chi connectivity index (χ2v) is 5.58. The van der Waals surface area contributed by atoms with Crippen LogP contribution in [-0.4, -0.2) is 11.1 Å². The lowest BCUT2D eigenvalue weighted by Gasteiger charge is -2.16. The van der Waals surface area contributed by atoms with E-state index in [4.69, 9.17) is 0 Å². The Bertz CT molecular complexity index is 525. The summed E-state index contributed by atoms with van der Waals surface area (Å²) in [6.07, 6.45) is 2.05. The molecule has 0 aliphatic heterocycles. The maximum atomic E-state index is 9.24. The molecule has 0 radical (unpaired) electrons. The monoisotopic (exact) mass is 319 g/mol. The minimum Gasteiger partial charge on any atom is -0.508 e. The number of anilines is 1. The van der Waals surface area contributed by atoms with Crippen LogP contribution in [0, 0.1) is 0 Å². The van der Waals surface area contributed by atoms with Gasteiger partial charge in [-0.3, -0.25) is 0 Å². The van der Waals surface area contributed by atoms with Crippen LogP contribution in [0.2, 0.25) is 0 Å². The number of aromatic hydroxyl groups is 1. The van der Waals surface area contributed by atoms with E-state index in [1.807, 2.05) is 30.3 Å². The highest BCUT2D eigenvalue weighted by Crippen LogP contribution is 2.22. The number of phenols is 1. The summed E-state index contributed by atoms with van der Waals surface area (Å²) in [5, 5.41) is 12.7. The zero-order valence-corrected chi connectivity index (χ0v) is 12.5. The smallest absolute Gasteiger partial charge is 0.115 e. The average molecular weight is 320 g/mol. The van der Waals surface area contributed by atoms with Crippen molar-refractivity contribution in [3.63, 3.8) is 0 Å². The number of para-hydroxylation sites is 1. The summed E-state index contributed by atoms with van der Waals surface area (Å²) >= 11 is 3.54. The first kappa shape index (κ1) is 13.9. The third-order valence-corrected chi connectivity index (χ3v) is 3.77. The van der Waals surface area contributed by atoms with Crippen LogP contribution in [0.5, 0.6) is 5.75 Å². The fourth-order valence-corrected chi connectivity index (χ4v) is 2.36. The number of halogens is 1. The van der Waals surface area contributed by atoms with E-state index in [0.29, 0.717) is 11.8 Å². The lowest BCUT2D eigenvalue weighted by atomic mass is 10.1. The minimum absolute atomic E-state index is 0.322. The van der Waals surface area contributed by atoms with Crippen molar-refractivity contribution >= 4 is 21.6 Å². The van der Waals surface area contributed by atoms with E-state index in [1.165, 1.54) is 5.56 Å². The van der Waals surface area contributed by atoms with Crippen LogP contribution in [0.4, 0.5) is 5.69 Å². The van der Waals surface area contributed by atoms with Crippen LogP contribution in [0.3, 0.4) is 0 Å². The molecule has 0 amide bonds. The minimum atomic E-state index is 0.322. The first-order valence-electron chi connectivity index (χ1n) is 6.44. The van der Waals surface area contributed by atoms with Crippen molar-refractivity contribution in [1.29, 1.82) is 0 Å². The van der Waals surface area contributed by atoms with E-state index in [1.54, 1.807) is 12.1 Å². The van der Waals surface area contributed by atoms with Gasteiger partial charge in [0.1, 0.15) is 5.75 Å². The molecular formula is C16H18BrNO. The Morgan fingerprint density at radius 2 is 1.79 bits per heavy atom. The molecule has 0 fully saturated rings. The third-order valence-electron chi connectivity index (χ3n) is 3.08. The van der Waals surface area contributed by atoms with Crippen molar-refractivity contribution in [3.8, 4) is 5.75 Å². The number of hydrogen-bond donors (Lipinski definition) is 2. The highest BCUT2D eigenvalue weighted by Gasteiger charge is 2.05. The van der Waals surface area contributed by atoms with E-state index >= 15 is 0 Å². The standard InChI is InChI=1S/C16H18BrNO/c1-12(18-16-5-3-2-4-15(16)17)6-7-13-8-10-14(19)11-9-13/h2-5,8-12,18-19H,6-7H2,1H3. The quantitative estimate of drug-likeness (QED) is 0.844. The molecule has 0 spiro atoms. The van der Waals surface area contributed by atoms with Crippen molar-refractivity contribution in [2.75, 3.05) is 5.32 Å². The van der Waals surface area contributed by atoms with Gasteiger partial charge in [-0.25, -0.2) is 0 Å². The van der Waals surface area contributed by atoms with Gasteiger partial charge in [0, 0.05) is 16.2 Å². The second-order valence-electron chi connectivity index (χ2n) is 4.73. The second kappa shape index (κ2) is 6.62. The van der Waals surface area contributed by atoms with Crippen LogP contribution in [0.15, 0.2) is 53.0 Å². The molecule has 0 aromatic heterocycles. The molecule has 2 N–H and O–H groups in total. The van der Waals surface area contributed by atoms with Crippen LogP contribution in [0.1, 0.15) is 18.9 Å². The predicted octanol–water partition coefficient (Wildman–Crippen LogP) is 4.59. The van der Waals surface area contributed by atoms with Gasteiger partial charge in [-0.2, -0.15) is 0 Å². The Balaban J connectivity index is 1.86. The summed E-state index contributed by atoms with van der Waals surface area (Å²) < 4.78 is 1.09. The van der Waals surface area contributed by atoms with Crippen molar-refractivity contribution in [1.82, 2.24) is 0 Å². The van der Waals surface area contributed by atoms with Gasteiger partial charge in [-0.05, 0) is 65.5 Å². The lowest BCUT2D eigenvalue weighted by Crippen LogP contribution is -2.16. The molecule has 0 saturated carbocycles. The fourth-order valence-electron chi connectivity index (χ4n) is 1.96. The molecule has 0 heterocycles. The molecule has 0 aliphatic rings.